The van der Waals surface area contributed by atoms with Gasteiger partial charge in [-0.2, -0.15) is 13.2 Å². The second kappa shape index (κ2) is 8.86. The predicted molar refractivity (Wildman–Crippen MR) is 115 cm³/mol. The maximum Gasteiger partial charge on any atom is 0.416 e. The summed E-state index contributed by atoms with van der Waals surface area (Å²) in [5, 5.41) is 3.36. The molecule has 4 rings (SSSR count). The van der Waals surface area contributed by atoms with Gasteiger partial charge in [0, 0.05) is 18.7 Å². The SMILES string of the molecule is COc1cccc2c1OC(CNCc1cccc(-c3cccc(C(F)(F)F)c3)c1)C=C2. The highest BCUT2D eigenvalue weighted by Gasteiger charge is 2.30. The van der Waals surface area contributed by atoms with Crippen LogP contribution >= 0.6 is 0 Å². The van der Waals surface area contributed by atoms with Crippen LogP contribution in [0.1, 0.15) is 16.7 Å². The molecule has 1 aliphatic rings. The van der Waals surface area contributed by atoms with Gasteiger partial charge in [0.25, 0.3) is 0 Å². The summed E-state index contributed by atoms with van der Waals surface area (Å²) in [6.45, 7) is 1.15. The monoisotopic (exact) mass is 425 g/mol. The second-order valence-electron chi connectivity index (χ2n) is 7.30. The summed E-state index contributed by atoms with van der Waals surface area (Å²) >= 11 is 0. The number of nitrogens with one attached hydrogen (secondary N) is 1. The predicted octanol–water partition coefficient (Wildman–Crippen LogP) is 5.95. The fourth-order valence-corrected chi connectivity index (χ4v) is 3.56. The van der Waals surface area contributed by atoms with Crippen molar-refractivity contribution < 1.29 is 22.6 Å². The third kappa shape index (κ3) is 4.91. The van der Waals surface area contributed by atoms with Crippen molar-refractivity contribution in [3.05, 3.63) is 89.5 Å². The minimum Gasteiger partial charge on any atom is -0.493 e. The van der Waals surface area contributed by atoms with E-state index in [-0.39, 0.29) is 6.10 Å². The molecule has 3 nitrogen and oxygen atoms in total. The number of ether oxygens (including phenoxy) is 2. The van der Waals surface area contributed by atoms with E-state index in [2.05, 4.69) is 5.32 Å². The van der Waals surface area contributed by atoms with Gasteiger partial charge in [-0.3, -0.25) is 0 Å². The molecule has 0 bridgehead atoms. The number of hydrogen-bond donors (Lipinski definition) is 1. The summed E-state index contributed by atoms with van der Waals surface area (Å²) in [5.74, 6) is 1.42. The van der Waals surface area contributed by atoms with Gasteiger partial charge in [-0.05, 0) is 47.0 Å². The standard InChI is InChI=1S/C25H22F3NO2/c1-30-23-10-4-6-18-11-12-22(31-24(18)23)16-29-15-17-5-2-7-19(13-17)20-8-3-9-21(14-20)25(26,27)28/h2-14,22,29H,15-16H2,1H3. The molecule has 0 spiro atoms. The molecular weight excluding hydrogens is 403 g/mol. The molecule has 0 aromatic heterocycles. The third-order valence-electron chi connectivity index (χ3n) is 5.11. The Morgan fingerprint density at radius 3 is 2.48 bits per heavy atom. The topological polar surface area (TPSA) is 30.5 Å². The van der Waals surface area contributed by atoms with Crippen LogP contribution in [0.4, 0.5) is 13.2 Å². The van der Waals surface area contributed by atoms with Crippen molar-refractivity contribution in [2.24, 2.45) is 0 Å². The van der Waals surface area contributed by atoms with Gasteiger partial charge in [0.1, 0.15) is 6.10 Å². The van der Waals surface area contributed by atoms with E-state index in [0.29, 0.717) is 24.4 Å². The van der Waals surface area contributed by atoms with E-state index >= 15 is 0 Å². The normalized spacial score (nSPS) is 15.3. The van der Waals surface area contributed by atoms with Gasteiger partial charge < -0.3 is 14.8 Å². The van der Waals surface area contributed by atoms with Crippen molar-refractivity contribution in [2.75, 3.05) is 13.7 Å². The molecule has 1 N–H and O–H groups in total. The van der Waals surface area contributed by atoms with Gasteiger partial charge in [-0.15, -0.1) is 0 Å². The Morgan fingerprint density at radius 1 is 0.968 bits per heavy atom. The summed E-state index contributed by atoms with van der Waals surface area (Å²) in [6, 6.07) is 18.6. The maximum absolute atomic E-state index is 13.0. The van der Waals surface area contributed by atoms with Gasteiger partial charge in [0.2, 0.25) is 0 Å². The van der Waals surface area contributed by atoms with Crippen LogP contribution in [0.2, 0.25) is 0 Å². The molecule has 0 aliphatic carbocycles. The van der Waals surface area contributed by atoms with Crippen molar-refractivity contribution in [2.45, 2.75) is 18.8 Å². The van der Waals surface area contributed by atoms with E-state index in [1.54, 1.807) is 13.2 Å². The molecule has 31 heavy (non-hydrogen) atoms. The zero-order valence-corrected chi connectivity index (χ0v) is 16.9. The van der Waals surface area contributed by atoms with Crippen molar-refractivity contribution in [3.63, 3.8) is 0 Å². The van der Waals surface area contributed by atoms with Gasteiger partial charge in [-0.1, -0.05) is 48.5 Å². The Hall–Kier alpha value is -3.25. The smallest absolute Gasteiger partial charge is 0.416 e. The Kier molecular flexibility index (Phi) is 6.00. The molecule has 1 aliphatic heterocycles. The van der Waals surface area contributed by atoms with Crippen molar-refractivity contribution in [1.82, 2.24) is 5.32 Å². The fourth-order valence-electron chi connectivity index (χ4n) is 3.56. The molecular formula is C25H22F3NO2. The Bertz CT molecular complexity index is 1090. The minimum absolute atomic E-state index is 0.143. The van der Waals surface area contributed by atoms with Gasteiger partial charge in [0.15, 0.2) is 11.5 Å². The summed E-state index contributed by atoms with van der Waals surface area (Å²) in [5.41, 5.74) is 2.60. The summed E-state index contributed by atoms with van der Waals surface area (Å²) < 4.78 is 50.5. The third-order valence-corrected chi connectivity index (χ3v) is 5.11. The van der Waals surface area contributed by atoms with Crippen LogP contribution in [0.3, 0.4) is 0 Å². The van der Waals surface area contributed by atoms with Crippen LogP contribution in [-0.4, -0.2) is 19.8 Å². The lowest BCUT2D eigenvalue weighted by atomic mass is 10.0. The quantitative estimate of drug-likeness (QED) is 0.530. The van der Waals surface area contributed by atoms with Crippen LogP contribution in [0.5, 0.6) is 11.5 Å². The van der Waals surface area contributed by atoms with E-state index < -0.39 is 11.7 Å². The average molecular weight is 425 g/mol. The summed E-state index contributed by atoms with van der Waals surface area (Å²) in [7, 11) is 1.61. The lowest BCUT2D eigenvalue weighted by Gasteiger charge is -2.23. The first-order valence-corrected chi connectivity index (χ1v) is 9.93. The number of methoxy groups -OCH3 is 1. The largest absolute Gasteiger partial charge is 0.493 e. The lowest BCUT2D eigenvalue weighted by molar-refractivity contribution is -0.137. The molecule has 1 atom stereocenters. The van der Waals surface area contributed by atoms with Gasteiger partial charge >= 0.3 is 6.18 Å². The summed E-state index contributed by atoms with van der Waals surface area (Å²) in [4.78, 5) is 0. The average Bonchev–Trinajstić information content (AvgIpc) is 2.78. The Morgan fingerprint density at radius 2 is 1.71 bits per heavy atom. The van der Waals surface area contributed by atoms with Crippen LogP contribution < -0.4 is 14.8 Å². The van der Waals surface area contributed by atoms with Crippen LogP contribution in [-0.2, 0) is 12.7 Å². The van der Waals surface area contributed by atoms with E-state index in [1.165, 1.54) is 12.1 Å². The zero-order chi connectivity index (χ0) is 21.8. The molecule has 0 fully saturated rings. The molecule has 3 aromatic carbocycles. The second-order valence-corrected chi connectivity index (χ2v) is 7.30. The molecule has 6 heteroatoms. The Labute approximate surface area is 179 Å². The number of halogens is 3. The number of benzene rings is 3. The van der Waals surface area contributed by atoms with Crippen LogP contribution in [0.15, 0.2) is 72.8 Å². The first-order chi connectivity index (χ1) is 14.9. The first kappa shape index (κ1) is 21.0. The number of rotatable bonds is 6. The van der Waals surface area contributed by atoms with Crippen molar-refractivity contribution in [1.29, 1.82) is 0 Å². The van der Waals surface area contributed by atoms with Crippen LogP contribution in [0.25, 0.3) is 17.2 Å². The van der Waals surface area contributed by atoms with Crippen LogP contribution in [0, 0.1) is 0 Å². The molecule has 0 radical (unpaired) electrons. The fraction of sp³-hybridized carbons (Fsp3) is 0.200. The maximum atomic E-state index is 13.0. The molecule has 0 amide bonds. The number of fused-ring (bicyclic) bond motifs is 1. The van der Waals surface area contributed by atoms with Crippen molar-refractivity contribution in [3.8, 4) is 22.6 Å². The molecule has 1 heterocycles. The highest BCUT2D eigenvalue weighted by molar-refractivity contribution is 5.65. The van der Waals surface area contributed by atoms with E-state index in [4.69, 9.17) is 9.47 Å². The molecule has 3 aromatic rings. The molecule has 0 saturated heterocycles. The van der Waals surface area contributed by atoms with E-state index in [1.807, 2.05) is 54.6 Å². The highest BCUT2D eigenvalue weighted by Crippen LogP contribution is 2.35. The highest BCUT2D eigenvalue weighted by atomic mass is 19.4. The Balaban J connectivity index is 1.40. The number of hydrogen-bond acceptors (Lipinski definition) is 3. The van der Waals surface area contributed by atoms with Gasteiger partial charge in [-0.25, -0.2) is 0 Å². The van der Waals surface area contributed by atoms with Crippen molar-refractivity contribution >= 4 is 6.08 Å². The van der Waals surface area contributed by atoms with Gasteiger partial charge in [0.05, 0.1) is 12.7 Å². The van der Waals surface area contributed by atoms with E-state index in [9.17, 15) is 13.2 Å². The van der Waals surface area contributed by atoms with E-state index in [0.717, 1.165) is 28.5 Å². The molecule has 160 valence electrons. The first-order valence-electron chi connectivity index (χ1n) is 9.93. The number of alkyl halides is 3. The number of para-hydroxylation sites is 1. The lowest BCUT2D eigenvalue weighted by Crippen LogP contribution is -2.31. The summed E-state index contributed by atoms with van der Waals surface area (Å²) in [6.07, 6.45) is -0.491. The molecule has 0 saturated carbocycles. The molecule has 1 unspecified atom stereocenters. The zero-order valence-electron chi connectivity index (χ0n) is 16.9. The minimum atomic E-state index is -4.36.